The Bertz CT molecular complexity index is 509. The fraction of sp³-hybridized carbons (Fsp3) is 0.650. The van der Waals surface area contributed by atoms with E-state index in [1.165, 1.54) is 0 Å². The summed E-state index contributed by atoms with van der Waals surface area (Å²) in [6.45, 7) is 14.4. The first kappa shape index (κ1) is 21.1. The second kappa shape index (κ2) is 8.41. The molecule has 24 heavy (non-hydrogen) atoms. The van der Waals surface area contributed by atoms with Crippen LogP contribution in [0.4, 0.5) is 0 Å². The van der Waals surface area contributed by atoms with Crippen LogP contribution in [0.1, 0.15) is 58.8 Å². The van der Waals surface area contributed by atoms with Crippen molar-refractivity contribution in [3.05, 3.63) is 35.9 Å². The molecule has 0 saturated heterocycles. The maximum atomic E-state index is 13.2. The number of carbonyl (C=O) groups excluding carboxylic acids is 1. The molecule has 0 heterocycles. The van der Waals surface area contributed by atoms with Gasteiger partial charge in [0.25, 0.3) is 0 Å². The van der Waals surface area contributed by atoms with Gasteiger partial charge < -0.3 is 0 Å². The number of Topliss-reactive ketones (excluding diaryl/α,β-unsaturated/α-hetero) is 1. The third kappa shape index (κ3) is 5.54. The number of hydrogen-bond acceptors (Lipinski definition) is 3. The van der Waals surface area contributed by atoms with Gasteiger partial charge in [0.2, 0.25) is 0 Å². The standard InChI is InChI=1S/C20H34O3Si/c1-8-24(9-2,10-3)16-20(7,23-22-19(4,5)6)18(21)17-14-12-11-13-15-17/h11-15H,8-10,16H2,1-7H3. The molecule has 0 radical (unpaired) electrons. The molecule has 0 bridgehead atoms. The lowest BCUT2D eigenvalue weighted by Crippen LogP contribution is -2.48. The van der Waals surface area contributed by atoms with Gasteiger partial charge in [-0.2, -0.15) is 0 Å². The summed E-state index contributed by atoms with van der Waals surface area (Å²) in [5.41, 5.74) is -0.709. The fourth-order valence-corrected chi connectivity index (χ4v) is 7.00. The van der Waals surface area contributed by atoms with Crippen LogP contribution in [0.25, 0.3) is 0 Å². The Morgan fingerprint density at radius 2 is 1.42 bits per heavy atom. The van der Waals surface area contributed by atoms with Crippen LogP contribution in [0.3, 0.4) is 0 Å². The normalized spacial score (nSPS) is 15.1. The Kier molecular flexibility index (Phi) is 7.38. The number of benzene rings is 1. The van der Waals surface area contributed by atoms with E-state index in [2.05, 4.69) is 20.8 Å². The zero-order valence-corrected chi connectivity index (χ0v) is 17.4. The molecule has 0 saturated carbocycles. The second-order valence-electron chi connectivity index (χ2n) is 7.94. The van der Waals surface area contributed by atoms with E-state index < -0.39 is 19.3 Å². The van der Waals surface area contributed by atoms with Gasteiger partial charge in [0.1, 0.15) is 0 Å². The van der Waals surface area contributed by atoms with Crippen LogP contribution in [0.5, 0.6) is 0 Å². The predicted molar refractivity (Wildman–Crippen MR) is 103 cm³/mol. The van der Waals surface area contributed by atoms with E-state index >= 15 is 0 Å². The van der Waals surface area contributed by atoms with Crippen molar-refractivity contribution >= 4 is 13.9 Å². The maximum Gasteiger partial charge on any atom is 0.197 e. The summed E-state index contributed by atoms with van der Waals surface area (Å²) >= 11 is 0. The zero-order chi connectivity index (χ0) is 18.4. The van der Waals surface area contributed by atoms with E-state index in [1.54, 1.807) is 0 Å². The number of carbonyl (C=O) groups is 1. The Labute approximate surface area is 148 Å². The lowest BCUT2D eigenvalue weighted by Gasteiger charge is -2.38. The van der Waals surface area contributed by atoms with Gasteiger partial charge in [-0.15, -0.1) is 0 Å². The average molecular weight is 351 g/mol. The highest BCUT2D eigenvalue weighted by Crippen LogP contribution is 2.36. The summed E-state index contributed by atoms with van der Waals surface area (Å²) in [6.07, 6.45) is 0. The topological polar surface area (TPSA) is 35.5 Å². The van der Waals surface area contributed by atoms with Gasteiger partial charge in [0.15, 0.2) is 11.4 Å². The number of hydrogen-bond donors (Lipinski definition) is 0. The van der Waals surface area contributed by atoms with Crippen LogP contribution in [0.15, 0.2) is 30.3 Å². The quantitative estimate of drug-likeness (QED) is 0.241. The Balaban J connectivity index is 3.18. The van der Waals surface area contributed by atoms with Gasteiger partial charge in [-0.3, -0.25) is 4.79 Å². The predicted octanol–water partition coefficient (Wildman–Crippen LogP) is 5.88. The molecule has 0 aromatic heterocycles. The summed E-state index contributed by atoms with van der Waals surface area (Å²) < 4.78 is 0. The summed E-state index contributed by atoms with van der Waals surface area (Å²) in [7, 11) is -1.57. The third-order valence-corrected chi connectivity index (χ3v) is 10.9. The van der Waals surface area contributed by atoms with Crippen molar-refractivity contribution in [3.63, 3.8) is 0 Å². The average Bonchev–Trinajstić information content (AvgIpc) is 2.57. The van der Waals surface area contributed by atoms with Crippen molar-refractivity contribution in [3.8, 4) is 0 Å². The summed E-state index contributed by atoms with van der Waals surface area (Å²) in [4.78, 5) is 24.7. The SMILES string of the molecule is CC[Si](CC)(CC)CC(C)(OOC(C)(C)C)C(=O)c1ccccc1. The molecule has 136 valence electrons. The largest absolute Gasteiger partial charge is 0.291 e. The van der Waals surface area contributed by atoms with Crippen molar-refractivity contribution in [1.29, 1.82) is 0 Å². The molecule has 0 aliphatic rings. The van der Waals surface area contributed by atoms with Gasteiger partial charge in [-0.1, -0.05) is 69.2 Å². The Morgan fingerprint density at radius 1 is 0.917 bits per heavy atom. The van der Waals surface area contributed by atoms with Crippen LogP contribution in [0.2, 0.25) is 24.2 Å². The molecular weight excluding hydrogens is 316 g/mol. The number of ketones is 1. The molecule has 0 amide bonds. The minimum absolute atomic E-state index is 0.0135. The van der Waals surface area contributed by atoms with Gasteiger partial charge in [-0.05, 0) is 33.7 Å². The molecule has 0 aliphatic carbocycles. The zero-order valence-electron chi connectivity index (χ0n) is 16.4. The van der Waals surface area contributed by atoms with Gasteiger partial charge in [0, 0.05) is 5.56 Å². The van der Waals surface area contributed by atoms with Crippen molar-refractivity contribution < 1.29 is 14.6 Å². The smallest absolute Gasteiger partial charge is 0.197 e. The fourth-order valence-electron chi connectivity index (χ4n) is 3.10. The Morgan fingerprint density at radius 3 is 1.83 bits per heavy atom. The van der Waals surface area contributed by atoms with E-state index in [0.29, 0.717) is 5.56 Å². The van der Waals surface area contributed by atoms with E-state index in [9.17, 15) is 4.79 Å². The molecule has 1 unspecified atom stereocenters. The van der Waals surface area contributed by atoms with E-state index in [4.69, 9.17) is 9.78 Å². The molecule has 0 fully saturated rings. The van der Waals surface area contributed by atoms with Crippen LogP contribution in [0, 0.1) is 0 Å². The molecule has 1 rings (SSSR count). The van der Waals surface area contributed by atoms with Gasteiger partial charge >= 0.3 is 0 Å². The highest BCUT2D eigenvalue weighted by atomic mass is 28.3. The monoisotopic (exact) mass is 350 g/mol. The van der Waals surface area contributed by atoms with Gasteiger partial charge in [0.05, 0.1) is 13.7 Å². The summed E-state index contributed by atoms with van der Waals surface area (Å²) in [6, 6.07) is 13.6. The van der Waals surface area contributed by atoms with Crippen molar-refractivity contribution in [2.24, 2.45) is 0 Å². The van der Waals surface area contributed by atoms with Gasteiger partial charge in [-0.25, -0.2) is 9.78 Å². The highest BCUT2D eigenvalue weighted by molar-refractivity contribution is 6.80. The summed E-state index contributed by atoms with van der Waals surface area (Å²) in [5, 5.41) is 0. The lowest BCUT2D eigenvalue weighted by molar-refractivity contribution is -0.384. The molecule has 0 N–H and O–H groups in total. The van der Waals surface area contributed by atoms with Crippen LogP contribution >= 0.6 is 0 Å². The van der Waals surface area contributed by atoms with Crippen molar-refractivity contribution in [1.82, 2.24) is 0 Å². The van der Waals surface area contributed by atoms with Crippen LogP contribution in [-0.4, -0.2) is 25.1 Å². The minimum Gasteiger partial charge on any atom is -0.291 e. The molecule has 0 aliphatic heterocycles. The minimum atomic E-state index is -1.57. The third-order valence-electron chi connectivity index (χ3n) is 4.95. The Hall–Kier alpha value is -0.973. The van der Waals surface area contributed by atoms with E-state index in [0.717, 1.165) is 24.2 Å². The van der Waals surface area contributed by atoms with Crippen molar-refractivity contribution in [2.75, 3.05) is 0 Å². The molecule has 1 aromatic rings. The van der Waals surface area contributed by atoms with Crippen molar-refractivity contribution in [2.45, 2.75) is 83.8 Å². The van der Waals surface area contributed by atoms with Crippen LogP contribution in [-0.2, 0) is 9.78 Å². The first-order valence-electron chi connectivity index (χ1n) is 9.08. The maximum absolute atomic E-state index is 13.2. The molecule has 1 aromatic carbocycles. The molecule has 3 nitrogen and oxygen atoms in total. The molecule has 4 heteroatoms. The van der Waals surface area contributed by atoms with E-state index in [-0.39, 0.29) is 5.78 Å². The molecule has 1 atom stereocenters. The first-order valence-corrected chi connectivity index (χ1v) is 11.9. The van der Waals surface area contributed by atoms with Crippen LogP contribution < -0.4 is 0 Å². The first-order chi connectivity index (χ1) is 11.1. The molecule has 0 spiro atoms. The molecular formula is C20H34O3Si. The summed E-state index contributed by atoms with van der Waals surface area (Å²) in [5.74, 6) is 0.0135. The van der Waals surface area contributed by atoms with E-state index in [1.807, 2.05) is 58.0 Å². The second-order valence-corrected chi connectivity index (χ2v) is 13.4. The highest BCUT2D eigenvalue weighted by Gasteiger charge is 2.44. The number of rotatable bonds is 9. The lowest BCUT2D eigenvalue weighted by atomic mass is 9.96.